The van der Waals surface area contributed by atoms with Gasteiger partial charge in [-0.05, 0) is 50.3 Å². The van der Waals surface area contributed by atoms with Crippen LogP contribution in [0.5, 0.6) is 0 Å². The first kappa shape index (κ1) is 23.8. The van der Waals surface area contributed by atoms with Gasteiger partial charge in [0.2, 0.25) is 5.91 Å². The number of nitrogens with zero attached hydrogens (tertiary/aromatic N) is 3. The van der Waals surface area contributed by atoms with Crippen molar-refractivity contribution in [3.8, 4) is 0 Å². The standard InChI is InChI=1S/C26H28N4O3S/c1-17-22(24(32)33-26(2,3)4)23(19-10-6-5-7-11-19)30-20(16-34-25(30)29-17)13-21(31)28-15-18-9-8-12-27-14-18/h5-12,14,16,23H,13,15H2,1-4H3,(H,28,31)/t23-/m1/s1. The van der Waals surface area contributed by atoms with Crippen molar-refractivity contribution in [2.45, 2.75) is 52.3 Å². The summed E-state index contributed by atoms with van der Waals surface area (Å²) in [6.07, 6.45) is 3.59. The van der Waals surface area contributed by atoms with Gasteiger partial charge in [0.1, 0.15) is 5.60 Å². The number of carbonyl (C=O) groups excluding carboxylic acids is 2. The molecule has 2 aromatic rings. The van der Waals surface area contributed by atoms with E-state index in [-0.39, 0.29) is 12.3 Å². The number of hydrogen-bond donors (Lipinski definition) is 1. The number of ether oxygens (including phenoxy) is 1. The van der Waals surface area contributed by atoms with E-state index in [1.807, 2.05) is 80.5 Å². The molecule has 34 heavy (non-hydrogen) atoms. The Morgan fingerprint density at radius 1 is 1.15 bits per heavy atom. The number of allylic oxidation sites excluding steroid dienone is 1. The molecule has 1 N–H and O–H groups in total. The number of aliphatic imine (C=N–C) groups is 1. The van der Waals surface area contributed by atoms with Gasteiger partial charge >= 0.3 is 5.97 Å². The van der Waals surface area contributed by atoms with Crippen molar-refractivity contribution in [1.82, 2.24) is 15.2 Å². The summed E-state index contributed by atoms with van der Waals surface area (Å²) in [4.78, 5) is 36.9. The lowest BCUT2D eigenvalue weighted by Gasteiger charge is -2.37. The van der Waals surface area contributed by atoms with E-state index in [4.69, 9.17) is 9.73 Å². The van der Waals surface area contributed by atoms with Crippen LogP contribution in [0.3, 0.4) is 0 Å². The lowest BCUT2D eigenvalue weighted by atomic mass is 9.93. The van der Waals surface area contributed by atoms with Gasteiger partial charge in [0.05, 0.1) is 23.7 Å². The van der Waals surface area contributed by atoms with Gasteiger partial charge in [-0.15, -0.1) is 0 Å². The summed E-state index contributed by atoms with van der Waals surface area (Å²) in [7, 11) is 0. The van der Waals surface area contributed by atoms with Crippen LogP contribution in [0.15, 0.2) is 82.2 Å². The molecule has 4 rings (SSSR count). The smallest absolute Gasteiger partial charge is 0.338 e. The lowest BCUT2D eigenvalue weighted by molar-refractivity contribution is -0.150. The Bertz CT molecular complexity index is 1170. The second-order valence-corrected chi connectivity index (χ2v) is 9.96. The number of amidine groups is 1. The van der Waals surface area contributed by atoms with E-state index < -0.39 is 17.6 Å². The highest BCUT2D eigenvalue weighted by Gasteiger charge is 2.41. The van der Waals surface area contributed by atoms with E-state index in [0.29, 0.717) is 17.8 Å². The molecular formula is C26H28N4O3S. The van der Waals surface area contributed by atoms with Gasteiger partial charge in [-0.2, -0.15) is 0 Å². The quantitative estimate of drug-likeness (QED) is 0.608. The maximum atomic E-state index is 13.3. The molecule has 3 heterocycles. The fourth-order valence-corrected chi connectivity index (χ4v) is 4.81. The summed E-state index contributed by atoms with van der Waals surface area (Å²) >= 11 is 1.46. The number of pyridine rings is 1. The van der Waals surface area contributed by atoms with Crippen LogP contribution in [0.25, 0.3) is 0 Å². The van der Waals surface area contributed by atoms with E-state index in [9.17, 15) is 9.59 Å². The lowest BCUT2D eigenvalue weighted by Crippen LogP contribution is -2.39. The third-order valence-corrected chi connectivity index (χ3v) is 6.18. The molecule has 8 heteroatoms. The first-order valence-corrected chi connectivity index (χ1v) is 12.0. The van der Waals surface area contributed by atoms with Crippen LogP contribution in [-0.4, -0.2) is 32.5 Å². The van der Waals surface area contributed by atoms with Gasteiger partial charge in [0.15, 0.2) is 5.17 Å². The van der Waals surface area contributed by atoms with Gasteiger partial charge in [-0.25, -0.2) is 9.79 Å². The second-order valence-electron chi connectivity index (χ2n) is 9.12. The average Bonchev–Trinajstić information content (AvgIpc) is 3.18. The zero-order valence-electron chi connectivity index (χ0n) is 19.7. The van der Waals surface area contributed by atoms with Gasteiger partial charge < -0.3 is 15.0 Å². The van der Waals surface area contributed by atoms with Crippen LogP contribution in [-0.2, 0) is 20.9 Å². The number of benzene rings is 1. The molecular weight excluding hydrogens is 448 g/mol. The fraction of sp³-hybridized carbons (Fsp3) is 0.308. The van der Waals surface area contributed by atoms with Crippen LogP contribution >= 0.6 is 11.8 Å². The molecule has 1 atom stereocenters. The first-order chi connectivity index (χ1) is 16.2. The predicted octanol–water partition coefficient (Wildman–Crippen LogP) is 4.70. The van der Waals surface area contributed by atoms with E-state index >= 15 is 0 Å². The van der Waals surface area contributed by atoms with Gasteiger partial charge in [-0.1, -0.05) is 48.2 Å². The Balaban J connectivity index is 1.61. The van der Waals surface area contributed by atoms with Crippen molar-refractivity contribution < 1.29 is 14.3 Å². The van der Waals surface area contributed by atoms with E-state index in [1.165, 1.54) is 11.8 Å². The number of hydrogen-bond acceptors (Lipinski definition) is 7. The van der Waals surface area contributed by atoms with Crippen molar-refractivity contribution in [3.63, 3.8) is 0 Å². The minimum atomic E-state index is -0.639. The second kappa shape index (κ2) is 9.85. The van der Waals surface area contributed by atoms with Crippen LogP contribution < -0.4 is 5.32 Å². The van der Waals surface area contributed by atoms with Gasteiger partial charge in [0.25, 0.3) is 0 Å². The number of esters is 1. The van der Waals surface area contributed by atoms with Crippen molar-refractivity contribution in [2.24, 2.45) is 4.99 Å². The molecule has 0 spiro atoms. The minimum Gasteiger partial charge on any atom is -0.456 e. The summed E-state index contributed by atoms with van der Waals surface area (Å²) in [6.45, 7) is 7.77. The van der Waals surface area contributed by atoms with Crippen molar-refractivity contribution >= 4 is 28.8 Å². The largest absolute Gasteiger partial charge is 0.456 e. The highest BCUT2D eigenvalue weighted by Crippen LogP contribution is 2.45. The Morgan fingerprint density at radius 3 is 2.59 bits per heavy atom. The molecule has 0 aliphatic carbocycles. The molecule has 0 unspecified atom stereocenters. The topological polar surface area (TPSA) is 83.9 Å². The monoisotopic (exact) mass is 476 g/mol. The van der Waals surface area contributed by atoms with E-state index in [0.717, 1.165) is 22.0 Å². The molecule has 1 aromatic heterocycles. The van der Waals surface area contributed by atoms with Crippen molar-refractivity contribution in [1.29, 1.82) is 0 Å². The van der Waals surface area contributed by atoms with Crippen LogP contribution in [0, 0.1) is 0 Å². The molecule has 2 aliphatic rings. The summed E-state index contributed by atoms with van der Waals surface area (Å²) in [6, 6.07) is 13.1. The first-order valence-electron chi connectivity index (χ1n) is 11.1. The maximum absolute atomic E-state index is 13.3. The molecule has 0 saturated heterocycles. The number of carbonyl (C=O) groups is 2. The third-order valence-electron chi connectivity index (χ3n) is 5.29. The summed E-state index contributed by atoms with van der Waals surface area (Å²) in [5, 5.41) is 5.63. The highest BCUT2D eigenvalue weighted by atomic mass is 32.2. The van der Waals surface area contributed by atoms with E-state index in [1.54, 1.807) is 12.4 Å². The Labute approximate surface area is 204 Å². The van der Waals surface area contributed by atoms with Crippen LogP contribution in [0.2, 0.25) is 0 Å². The number of thioether (sulfide) groups is 1. The average molecular weight is 477 g/mol. The normalized spacial score (nSPS) is 17.6. The fourth-order valence-electron chi connectivity index (χ4n) is 3.84. The minimum absolute atomic E-state index is 0.117. The molecule has 0 bridgehead atoms. The highest BCUT2D eigenvalue weighted by molar-refractivity contribution is 8.16. The zero-order chi connectivity index (χ0) is 24.3. The molecule has 0 radical (unpaired) electrons. The number of nitrogens with one attached hydrogen (secondary N) is 1. The Kier molecular flexibility index (Phi) is 6.88. The summed E-state index contributed by atoms with van der Waals surface area (Å²) < 4.78 is 5.75. The number of fused-ring (bicyclic) bond motifs is 1. The molecule has 0 fully saturated rings. The molecule has 2 aliphatic heterocycles. The zero-order valence-corrected chi connectivity index (χ0v) is 20.6. The van der Waals surface area contributed by atoms with Crippen molar-refractivity contribution in [2.75, 3.05) is 0 Å². The summed E-state index contributed by atoms with van der Waals surface area (Å²) in [5.41, 5.74) is 3.11. The SMILES string of the molecule is CC1=C(C(=O)OC(C)(C)C)[C@@H](c2ccccc2)N2C(CC(=O)NCc3cccnc3)=CSC2=N1. The number of aromatic nitrogens is 1. The molecule has 1 amide bonds. The molecule has 0 saturated carbocycles. The van der Waals surface area contributed by atoms with Crippen LogP contribution in [0.1, 0.15) is 51.3 Å². The van der Waals surface area contributed by atoms with E-state index in [2.05, 4.69) is 10.3 Å². The third kappa shape index (κ3) is 5.39. The van der Waals surface area contributed by atoms with Crippen molar-refractivity contribution in [3.05, 3.63) is 88.4 Å². The van der Waals surface area contributed by atoms with Gasteiger partial charge in [0, 0.05) is 24.6 Å². The maximum Gasteiger partial charge on any atom is 0.338 e. The van der Waals surface area contributed by atoms with Crippen LogP contribution in [0.4, 0.5) is 0 Å². The molecule has 7 nitrogen and oxygen atoms in total. The molecule has 176 valence electrons. The number of amides is 1. The Hall–Kier alpha value is -3.39. The molecule has 1 aromatic carbocycles. The van der Waals surface area contributed by atoms with Gasteiger partial charge in [-0.3, -0.25) is 9.78 Å². The summed E-state index contributed by atoms with van der Waals surface area (Å²) in [5.74, 6) is -0.521. The Morgan fingerprint density at radius 2 is 1.91 bits per heavy atom. The number of rotatable bonds is 6. The predicted molar refractivity (Wildman–Crippen MR) is 133 cm³/mol.